The summed E-state index contributed by atoms with van der Waals surface area (Å²) >= 11 is 1.98. The molecule has 0 aliphatic heterocycles. The van der Waals surface area contributed by atoms with Gasteiger partial charge in [0.05, 0.1) is 6.54 Å². The minimum Gasteiger partial charge on any atom is -0.352 e. The number of rotatable bonds is 5. The molecule has 1 aliphatic rings. The van der Waals surface area contributed by atoms with Crippen molar-refractivity contribution in [1.82, 2.24) is 10.6 Å². The molecule has 1 aliphatic carbocycles. The molecule has 0 radical (unpaired) electrons. The maximum Gasteiger partial charge on any atom is 0.239 e. The monoisotopic (exact) mass is 300 g/mol. The van der Waals surface area contributed by atoms with Gasteiger partial charge in [0, 0.05) is 16.7 Å². The summed E-state index contributed by atoms with van der Waals surface area (Å²) in [6.07, 6.45) is 4.54. The van der Waals surface area contributed by atoms with Gasteiger partial charge >= 0.3 is 0 Å². The van der Waals surface area contributed by atoms with Crippen molar-refractivity contribution in [3.63, 3.8) is 0 Å². The largest absolute Gasteiger partial charge is 0.352 e. The van der Waals surface area contributed by atoms with Crippen LogP contribution >= 0.6 is 11.8 Å². The number of amides is 2. The molecule has 0 aromatic heterocycles. The molecule has 0 aromatic rings. The normalized spacial score (nSPS) is 23.2. The zero-order chi connectivity index (χ0) is 15.2. The molecule has 0 unspecified atom stereocenters. The van der Waals surface area contributed by atoms with Crippen LogP contribution in [0.25, 0.3) is 0 Å². The third-order valence-corrected chi connectivity index (χ3v) is 4.72. The quantitative estimate of drug-likeness (QED) is 0.819. The number of hydrogen-bond donors (Lipinski definition) is 2. The van der Waals surface area contributed by atoms with E-state index in [-0.39, 0.29) is 24.4 Å². The van der Waals surface area contributed by atoms with Crippen molar-refractivity contribution in [2.24, 2.45) is 5.41 Å². The highest BCUT2D eigenvalue weighted by atomic mass is 32.2. The van der Waals surface area contributed by atoms with Crippen LogP contribution in [0, 0.1) is 5.41 Å². The van der Waals surface area contributed by atoms with Crippen molar-refractivity contribution in [3.8, 4) is 0 Å². The number of carbonyl (C=O) groups is 2. The van der Waals surface area contributed by atoms with E-state index >= 15 is 0 Å². The predicted octanol–water partition coefficient (Wildman–Crippen LogP) is 2.33. The Morgan fingerprint density at radius 1 is 1.25 bits per heavy atom. The summed E-state index contributed by atoms with van der Waals surface area (Å²) in [5, 5.41) is 6.41. The van der Waals surface area contributed by atoms with Crippen molar-refractivity contribution in [1.29, 1.82) is 0 Å². The van der Waals surface area contributed by atoms with Crippen molar-refractivity contribution in [2.45, 2.75) is 64.7 Å². The van der Waals surface area contributed by atoms with Crippen molar-refractivity contribution in [3.05, 3.63) is 0 Å². The summed E-state index contributed by atoms with van der Waals surface area (Å²) in [4.78, 5) is 23.6. The summed E-state index contributed by atoms with van der Waals surface area (Å²) in [6, 6.07) is 0.270. The Hall–Kier alpha value is -0.710. The lowest BCUT2D eigenvalue weighted by Crippen LogP contribution is -2.46. The van der Waals surface area contributed by atoms with Gasteiger partial charge in [-0.25, -0.2) is 0 Å². The van der Waals surface area contributed by atoms with E-state index in [4.69, 9.17) is 0 Å². The number of thioether (sulfide) groups is 1. The van der Waals surface area contributed by atoms with Crippen LogP contribution in [0.2, 0.25) is 0 Å². The third kappa shape index (κ3) is 6.16. The van der Waals surface area contributed by atoms with Gasteiger partial charge in [-0.2, -0.15) is 11.8 Å². The average Bonchev–Trinajstić information content (AvgIpc) is 2.35. The molecule has 1 rings (SSSR count). The minimum absolute atomic E-state index is 0.0743. The van der Waals surface area contributed by atoms with Crippen LogP contribution in [-0.4, -0.2) is 35.4 Å². The lowest BCUT2D eigenvalue weighted by atomic mass is 9.95. The van der Waals surface area contributed by atoms with Gasteiger partial charge in [0.15, 0.2) is 0 Å². The first-order valence-corrected chi connectivity index (χ1v) is 8.57. The van der Waals surface area contributed by atoms with Crippen molar-refractivity contribution >= 4 is 23.6 Å². The summed E-state index contributed by atoms with van der Waals surface area (Å²) in [5.74, 6) is 0.970. The molecule has 2 N–H and O–H groups in total. The second-order valence-corrected chi connectivity index (χ2v) is 8.02. The highest BCUT2D eigenvalue weighted by Crippen LogP contribution is 2.28. The molecule has 1 saturated carbocycles. The molecule has 4 nitrogen and oxygen atoms in total. The van der Waals surface area contributed by atoms with E-state index in [0.717, 1.165) is 18.6 Å². The van der Waals surface area contributed by atoms with Crippen molar-refractivity contribution in [2.75, 3.05) is 12.3 Å². The Balaban J connectivity index is 2.30. The summed E-state index contributed by atoms with van der Waals surface area (Å²) in [6.45, 7) is 7.78. The Morgan fingerprint density at radius 2 is 1.95 bits per heavy atom. The Kier molecular flexibility index (Phi) is 6.86. The fraction of sp³-hybridized carbons (Fsp3) is 0.867. The van der Waals surface area contributed by atoms with E-state index < -0.39 is 5.41 Å². The molecule has 1 fully saturated rings. The molecule has 2 amide bonds. The lowest BCUT2D eigenvalue weighted by molar-refractivity contribution is -0.131. The summed E-state index contributed by atoms with van der Waals surface area (Å²) in [7, 11) is 0. The fourth-order valence-electron chi connectivity index (χ4n) is 2.37. The van der Waals surface area contributed by atoms with E-state index in [1.807, 2.05) is 32.5 Å². The smallest absolute Gasteiger partial charge is 0.239 e. The summed E-state index contributed by atoms with van der Waals surface area (Å²) in [5.41, 5.74) is -0.450. The highest BCUT2D eigenvalue weighted by molar-refractivity contribution is 7.99. The second kappa shape index (κ2) is 7.91. The van der Waals surface area contributed by atoms with Crippen LogP contribution < -0.4 is 10.6 Å². The van der Waals surface area contributed by atoms with E-state index in [9.17, 15) is 9.59 Å². The van der Waals surface area contributed by atoms with Crippen LogP contribution in [0.3, 0.4) is 0 Å². The molecular formula is C15H28N2O2S. The molecular weight excluding hydrogens is 272 g/mol. The maximum atomic E-state index is 11.9. The number of nitrogens with one attached hydrogen (secondary N) is 2. The molecule has 20 heavy (non-hydrogen) atoms. The zero-order valence-corrected chi connectivity index (χ0v) is 13.9. The number of carbonyl (C=O) groups excluding carboxylic acids is 2. The molecule has 116 valence electrons. The van der Waals surface area contributed by atoms with E-state index in [2.05, 4.69) is 17.6 Å². The van der Waals surface area contributed by atoms with Gasteiger partial charge in [-0.1, -0.05) is 34.1 Å². The average molecular weight is 300 g/mol. The molecule has 0 spiro atoms. The first-order chi connectivity index (χ1) is 9.32. The van der Waals surface area contributed by atoms with E-state index in [1.165, 1.54) is 12.8 Å². The van der Waals surface area contributed by atoms with Gasteiger partial charge in [0.25, 0.3) is 0 Å². The Labute approximate surface area is 126 Å². The zero-order valence-electron chi connectivity index (χ0n) is 13.1. The minimum atomic E-state index is -0.450. The molecule has 0 aromatic carbocycles. The molecule has 5 heteroatoms. The van der Waals surface area contributed by atoms with Crippen LogP contribution in [0.1, 0.15) is 53.4 Å². The topological polar surface area (TPSA) is 58.2 Å². The molecule has 0 bridgehead atoms. The molecule has 2 atom stereocenters. The Morgan fingerprint density at radius 3 is 2.55 bits per heavy atom. The standard InChI is InChI=1S/C15H28N2O2S/c1-5-20-12-8-6-7-11(9-12)17-13(18)10-16-14(19)15(2,3)4/h11-12H,5-10H2,1-4H3,(H,16,19)(H,17,18)/t11-,12-/m0/s1. The highest BCUT2D eigenvalue weighted by Gasteiger charge is 2.24. The fourth-order valence-corrected chi connectivity index (χ4v) is 3.54. The van der Waals surface area contributed by atoms with Crippen LogP contribution in [0.4, 0.5) is 0 Å². The van der Waals surface area contributed by atoms with Gasteiger partial charge in [-0.05, 0) is 25.0 Å². The van der Waals surface area contributed by atoms with Crippen LogP contribution in [-0.2, 0) is 9.59 Å². The van der Waals surface area contributed by atoms with Crippen molar-refractivity contribution < 1.29 is 9.59 Å². The van der Waals surface area contributed by atoms with E-state index in [1.54, 1.807) is 0 Å². The van der Waals surface area contributed by atoms with E-state index in [0.29, 0.717) is 5.25 Å². The van der Waals surface area contributed by atoms with Crippen LogP contribution in [0.15, 0.2) is 0 Å². The summed E-state index contributed by atoms with van der Waals surface area (Å²) < 4.78 is 0. The first kappa shape index (κ1) is 17.3. The van der Waals surface area contributed by atoms with Crippen LogP contribution in [0.5, 0.6) is 0 Å². The SMILES string of the molecule is CCS[C@H]1CCC[C@H](NC(=O)CNC(=O)C(C)(C)C)C1. The van der Waals surface area contributed by atoms with Gasteiger partial charge < -0.3 is 10.6 Å². The lowest BCUT2D eigenvalue weighted by Gasteiger charge is -2.29. The predicted molar refractivity (Wildman–Crippen MR) is 84.8 cm³/mol. The molecule has 0 heterocycles. The first-order valence-electron chi connectivity index (χ1n) is 7.52. The molecule has 0 saturated heterocycles. The van der Waals surface area contributed by atoms with Gasteiger partial charge in [0.1, 0.15) is 0 Å². The number of hydrogen-bond acceptors (Lipinski definition) is 3. The maximum absolute atomic E-state index is 11.9. The van der Waals surface area contributed by atoms with Gasteiger partial charge in [0.2, 0.25) is 11.8 Å². The third-order valence-electron chi connectivity index (χ3n) is 3.48. The van der Waals surface area contributed by atoms with Gasteiger partial charge in [-0.15, -0.1) is 0 Å². The van der Waals surface area contributed by atoms with Gasteiger partial charge in [-0.3, -0.25) is 9.59 Å². The Bertz CT molecular complexity index is 337. The second-order valence-electron chi connectivity index (χ2n) is 6.44.